The molecule has 2 heteroatoms. The summed E-state index contributed by atoms with van der Waals surface area (Å²) in [5.41, 5.74) is 0. The van der Waals surface area contributed by atoms with Crippen LogP contribution in [0.1, 0.15) is 13.3 Å². The quantitative estimate of drug-likeness (QED) is 0.424. The summed E-state index contributed by atoms with van der Waals surface area (Å²) in [4.78, 5) is 10.7. The third kappa shape index (κ3) is 2.31. The van der Waals surface area contributed by atoms with Gasteiger partial charge in [-0.3, -0.25) is 4.79 Å². The Morgan fingerprint density at radius 1 is 1.89 bits per heavy atom. The Labute approximate surface area is 55.5 Å². The monoisotopic (exact) mass is 128 g/mol. The maximum atomic E-state index is 10.7. The molecule has 1 atom stereocenters. The fourth-order valence-electron chi connectivity index (χ4n) is 0.581. The van der Waals surface area contributed by atoms with E-state index in [4.69, 9.17) is 0 Å². The van der Waals surface area contributed by atoms with Gasteiger partial charge >= 0.3 is 5.97 Å². The van der Waals surface area contributed by atoms with Crippen LogP contribution in [0.4, 0.5) is 0 Å². The van der Waals surface area contributed by atoms with E-state index in [1.807, 2.05) is 6.92 Å². The second-order valence-electron chi connectivity index (χ2n) is 1.77. The van der Waals surface area contributed by atoms with Gasteiger partial charge in [0.05, 0.1) is 13.0 Å². The van der Waals surface area contributed by atoms with Crippen molar-refractivity contribution >= 4 is 5.97 Å². The van der Waals surface area contributed by atoms with Gasteiger partial charge in [0.15, 0.2) is 0 Å². The maximum Gasteiger partial charge on any atom is 0.312 e. The van der Waals surface area contributed by atoms with Crippen molar-refractivity contribution in [2.24, 2.45) is 5.92 Å². The third-order valence-electron chi connectivity index (χ3n) is 1.23. The lowest BCUT2D eigenvalue weighted by atomic mass is 10.1. The highest BCUT2D eigenvalue weighted by atomic mass is 16.5. The van der Waals surface area contributed by atoms with Crippen LogP contribution < -0.4 is 0 Å². The first-order chi connectivity index (χ1) is 4.26. The molecule has 0 aliphatic heterocycles. The molecule has 0 aliphatic carbocycles. The molecule has 0 saturated heterocycles. The summed E-state index contributed by atoms with van der Waals surface area (Å²) < 4.78 is 4.48. The zero-order chi connectivity index (χ0) is 7.28. The predicted octanol–water partition coefficient (Wildman–Crippen LogP) is 1.37. The molecule has 0 aromatic heterocycles. The van der Waals surface area contributed by atoms with E-state index in [1.165, 1.54) is 7.11 Å². The van der Waals surface area contributed by atoms with E-state index in [-0.39, 0.29) is 11.9 Å². The van der Waals surface area contributed by atoms with E-state index in [1.54, 1.807) is 6.08 Å². The van der Waals surface area contributed by atoms with Crippen molar-refractivity contribution in [2.45, 2.75) is 13.3 Å². The molecule has 0 fully saturated rings. The fourth-order valence-corrected chi connectivity index (χ4v) is 0.581. The summed E-state index contributed by atoms with van der Waals surface area (Å²) in [5, 5.41) is 0. The van der Waals surface area contributed by atoms with E-state index < -0.39 is 0 Å². The van der Waals surface area contributed by atoms with Gasteiger partial charge in [0, 0.05) is 0 Å². The van der Waals surface area contributed by atoms with Gasteiger partial charge in [-0.25, -0.2) is 0 Å². The highest BCUT2D eigenvalue weighted by Gasteiger charge is 2.10. The van der Waals surface area contributed by atoms with Crippen molar-refractivity contribution in [1.82, 2.24) is 0 Å². The molecule has 0 spiro atoms. The number of carbonyl (C=O) groups excluding carboxylic acids is 1. The van der Waals surface area contributed by atoms with Crippen LogP contribution in [-0.4, -0.2) is 13.1 Å². The Morgan fingerprint density at radius 2 is 2.44 bits per heavy atom. The Morgan fingerprint density at radius 3 is 2.56 bits per heavy atom. The molecule has 0 amide bonds. The molecule has 0 rings (SSSR count). The fraction of sp³-hybridized carbons (Fsp3) is 0.571. The van der Waals surface area contributed by atoms with E-state index in [0.717, 1.165) is 6.42 Å². The maximum absolute atomic E-state index is 10.7. The molecule has 0 aromatic rings. The normalized spacial score (nSPS) is 12.2. The van der Waals surface area contributed by atoms with Crippen LogP contribution in [0.2, 0.25) is 0 Å². The van der Waals surface area contributed by atoms with E-state index in [2.05, 4.69) is 11.3 Å². The lowest BCUT2D eigenvalue weighted by Gasteiger charge is -2.04. The van der Waals surface area contributed by atoms with Gasteiger partial charge < -0.3 is 4.74 Å². The lowest BCUT2D eigenvalue weighted by molar-refractivity contribution is -0.143. The Kier molecular flexibility index (Phi) is 3.76. The minimum absolute atomic E-state index is 0.130. The minimum atomic E-state index is -0.201. The van der Waals surface area contributed by atoms with Crippen LogP contribution in [0.3, 0.4) is 0 Å². The average molecular weight is 128 g/mol. The Bertz CT molecular complexity index is 107. The molecule has 0 saturated carbocycles. The SMILES string of the molecule is C=C[C@H](CC)C(=O)OC. The van der Waals surface area contributed by atoms with Gasteiger partial charge in [-0.2, -0.15) is 0 Å². The van der Waals surface area contributed by atoms with Crippen LogP contribution in [0.15, 0.2) is 12.7 Å². The topological polar surface area (TPSA) is 26.3 Å². The standard InChI is InChI=1S/C7H12O2/c1-4-6(5-2)7(8)9-3/h4,6H,1,5H2,2-3H3/t6-/m1/s1. The number of hydrogen-bond donors (Lipinski definition) is 0. The number of esters is 1. The summed E-state index contributed by atoms with van der Waals surface area (Å²) in [7, 11) is 1.38. The second-order valence-corrected chi connectivity index (χ2v) is 1.77. The lowest BCUT2D eigenvalue weighted by Crippen LogP contribution is -2.11. The first-order valence-corrected chi connectivity index (χ1v) is 2.96. The molecule has 2 nitrogen and oxygen atoms in total. The predicted molar refractivity (Wildman–Crippen MR) is 36.0 cm³/mol. The largest absolute Gasteiger partial charge is 0.469 e. The highest BCUT2D eigenvalue weighted by Crippen LogP contribution is 2.04. The number of rotatable bonds is 3. The minimum Gasteiger partial charge on any atom is -0.469 e. The molecule has 9 heavy (non-hydrogen) atoms. The summed E-state index contributed by atoms with van der Waals surface area (Å²) in [6.07, 6.45) is 2.36. The molecular formula is C7H12O2. The number of methoxy groups -OCH3 is 1. The zero-order valence-corrected chi connectivity index (χ0v) is 5.89. The first kappa shape index (κ1) is 8.21. The van der Waals surface area contributed by atoms with Crippen LogP contribution in [-0.2, 0) is 9.53 Å². The highest BCUT2D eigenvalue weighted by molar-refractivity contribution is 5.73. The molecule has 52 valence electrons. The zero-order valence-electron chi connectivity index (χ0n) is 5.89. The van der Waals surface area contributed by atoms with Crippen LogP contribution in [0.25, 0.3) is 0 Å². The first-order valence-electron chi connectivity index (χ1n) is 2.96. The number of ether oxygens (including phenoxy) is 1. The van der Waals surface area contributed by atoms with Crippen LogP contribution >= 0.6 is 0 Å². The van der Waals surface area contributed by atoms with Crippen LogP contribution in [0.5, 0.6) is 0 Å². The molecule has 0 radical (unpaired) electrons. The molecule has 0 aliphatic rings. The van der Waals surface area contributed by atoms with E-state index >= 15 is 0 Å². The van der Waals surface area contributed by atoms with E-state index in [0.29, 0.717) is 0 Å². The van der Waals surface area contributed by atoms with Crippen molar-refractivity contribution < 1.29 is 9.53 Å². The smallest absolute Gasteiger partial charge is 0.312 e. The Balaban J connectivity index is 3.78. The summed E-state index contributed by atoms with van der Waals surface area (Å²) in [5.74, 6) is -0.331. The van der Waals surface area contributed by atoms with Gasteiger partial charge in [0.2, 0.25) is 0 Å². The molecule has 0 N–H and O–H groups in total. The Hall–Kier alpha value is -0.790. The summed E-state index contributed by atoms with van der Waals surface area (Å²) in [6.45, 7) is 5.42. The van der Waals surface area contributed by atoms with Gasteiger partial charge in [-0.15, -0.1) is 6.58 Å². The number of carbonyl (C=O) groups is 1. The molecule has 0 unspecified atom stereocenters. The van der Waals surface area contributed by atoms with Gasteiger partial charge in [-0.1, -0.05) is 13.0 Å². The summed E-state index contributed by atoms with van der Waals surface area (Å²) >= 11 is 0. The van der Waals surface area contributed by atoms with Crippen LogP contribution in [0, 0.1) is 5.92 Å². The molecule has 0 heterocycles. The number of hydrogen-bond acceptors (Lipinski definition) is 2. The summed E-state index contributed by atoms with van der Waals surface area (Å²) in [6, 6.07) is 0. The average Bonchev–Trinajstić information content (AvgIpc) is 1.90. The van der Waals surface area contributed by atoms with E-state index in [9.17, 15) is 4.79 Å². The van der Waals surface area contributed by atoms with Crippen molar-refractivity contribution in [3.63, 3.8) is 0 Å². The molecular weight excluding hydrogens is 116 g/mol. The second kappa shape index (κ2) is 4.13. The van der Waals surface area contributed by atoms with Crippen molar-refractivity contribution in [3.8, 4) is 0 Å². The molecule has 0 aromatic carbocycles. The van der Waals surface area contributed by atoms with Crippen molar-refractivity contribution in [2.75, 3.05) is 7.11 Å². The van der Waals surface area contributed by atoms with Gasteiger partial charge in [-0.05, 0) is 6.42 Å². The third-order valence-corrected chi connectivity index (χ3v) is 1.23. The van der Waals surface area contributed by atoms with Crippen molar-refractivity contribution in [1.29, 1.82) is 0 Å². The molecule has 0 bridgehead atoms. The van der Waals surface area contributed by atoms with Gasteiger partial charge in [0.1, 0.15) is 0 Å². The van der Waals surface area contributed by atoms with Gasteiger partial charge in [0.25, 0.3) is 0 Å². The van der Waals surface area contributed by atoms with Crippen molar-refractivity contribution in [3.05, 3.63) is 12.7 Å².